The quantitative estimate of drug-likeness (QED) is 0.425. The predicted molar refractivity (Wildman–Crippen MR) is 9.23 cm³/mol. The summed E-state index contributed by atoms with van der Waals surface area (Å²) in [7, 11) is 0. The zero-order valence-corrected chi connectivity index (χ0v) is 14.3. The molecular formula is H2NbOPbTiZr. The van der Waals surface area contributed by atoms with E-state index in [2.05, 4.69) is 0 Å². The molecule has 0 spiro atoms. The monoisotopic (exact) mass is 457 g/mol. The zero-order chi connectivity index (χ0) is 2.00. The Labute approximate surface area is 96.9 Å². The molecule has 0 rings (SSSR count). The van der Waals surface area contributed by atoms with E-state index in [-0.39, 0.29) is 71.4 Å². The molecule has 0 amide bonds. The van der Waals surface area contributed by atoms with Crippen LogP contribution in [0.25, 0.3) is 0 Å². The minimum absolute atomic E-state index is 0. The standard InChI is InChI=1S/Nb.O.Pb.Ti.Zr.2H. The smallest absolute Gasteiger partial charge is 0 e. The van der Waals surface area contributed by atoms with E-state index in [1.165, 1.54) is 0 Å². The molecule has 0 unspecified atom stereocenters. The Morgan fingerprint density at radius 3 is 1.20 bits per heavy atom. The van der Waals surface area contributed by atoms with Gasteiger partial charge in [-0.1, -0.05) is 0 Å². The molecule has 0 aromatic heterocycles. The van der Waals surface area contributed by atoms with Crippen molar-refractivity contribution < 1.29 is 71.6 Å². The summed E-state index contributed by atoms with van der Waals surface area (Å²) in [6.07, 6.45) is 0. The van der Waals surface area contributed by atoms with Crippen LogP contribution in [0, 0.1) is 0 Å². The van der Waals surface area contributed by atoms with Crippen LogP contribution in [-0.4, -0.2) is 27.3 Å². The summed E-state index contributed by atoms with van der Waals surface area (Å²) in [5, 5.41) is 0. The van der Waals surface area contributed by atoms with Crippen molar-refractivity contribution in [3.8, 4) is 0 Å². The molecule has 0 bridgehead atoms. The molecule has 0 aromatic rings. The summed E-state index contributed by atoms with van der Waals surface area (Å²) in [4.78, 5) is 0. The average Bonchev–Trinajstić information content (AvgIpc) is 1.00. The Balaban J connectivity index is -0.00000000167. The van der Waals surface area contributed by atoms with Gasteiger partial charge < -0.3 is 0 Å². The van der Waals surface area contributed by atoms with E-state index in [0.717, 1.165) is 0 Å². The van der Waals surface area contributed by atoms with Crippen LogP contribution in [0.2, 0.25) is 0 Å². The second kappa shape index (κ2) is 27.7. The Bertz CT molecular complexity index is 11.6. The molecule has 0 aliphatic heterocycles. The molecule has 3 radical (unpaired) electrons. The van der Waals surface area contributed by atoms with Gasteiger partial charge in [-0.05, 0) is 0 Å². The van der Waals surface area contributed by atoms with E-state index in [4.69, 9.17) is 2.81 Å². The fourth-order valence-corrected chi connectivity index (χ4v) is 0. The molecular weight excluding hydrogens is 455 g/mol. The SMILES string of the molecule is [Nb].[O]=[Zr].[PbH2].[Ti]. The third kappa shape index (κ3) is 19.3. The van der Waals surface area contributed by atoms with Crippen molar-refractivity contribution in [3.05, 3.63) is 0 Å². The minimum Gasteiger partial charge on any atom is 0 e. The van der Waals surface area contributed by atoms with Crippen molar-refractivity contribution in [1.82, 2.24) is 0 Å². The number of hydrogen-bond donors (Lipinski definition) is 0. The predicted octanol–water partition coefficient (Wildman–Crippen LogP) is -1.04. The van der Waals surface area contributed by atoms with Gasteiger partial charge in [-0.15, -0.1) is 0 Å². The van der Waals surface area contributed by atoms with E-state index in [0.29, 0.717) is 24.7 Å². The van der Waals surface area contributed by atoms with Crippen molar-refractivity contribution in [1.29, 1.82) is 0 Å². The van der Waals surface area contributed by atoms with Crippen molar-refractivity contribution >= 4 is 27.3 Å². The molecule has 0 aliphatic rings. The van der Waals surface area contributed by atoms with Crippen LogP contribution in [0.4, 0.5) is 0 Å². The summed E-state index contributed by atoms with van der Waals surface area (Å²) in [5.74, 6) is 0. The molecule has 0 aromatic carbocycles. The van der Waals surface area contributed by atoms with Crippen LogP contribution in [-0.2, 0) is 71.6 Å². The first kappa shape index (κ1) is 24.4. The van der Waals surface area contributed by atoms with E-state index in [9.17, 15) is 0 Å². The average molecular weight is 457 g/mol. The van der Waals surface area contributed by atoms with Gasteiger partial charge in [0, 0.05) is 44.1 Å². The molecule has 0 heterocycles. The maximum atomic E-state index is 8.34. The van der Waals surface area contributed by atoms with E-state index < -0.39 is 0 Å². The van der Waals surface area contributed by atoms with Gasteiger partial charge in [0.15, 0.2) is 0 Å². The van der Waals surface area contributed by atoms with Crippen molar-refractivity contribution in [3.63, 3.8) is 0 Å². The molecule has 0 N–H and O–H groups in total. The molecule has 0 saturated heterocycles. The van der Waals surface area contributed by atoms with Gasteiger partial charge in [0.05, 0.1) is 0 Å². The molecule has 5 heavy (non-hydrogen) atoms. The second-order valence-corrected chi connectivity index (χ2v) is 0. The Kier molecular flexibility index (Phi) is 135. The topological polar surface area (TPSA) is 17.1 Å². The first-order valence-corrected chi connectivity index (χ1v) is 1.21. The first-order chi connectivity index (χ1) is 1.00. The second-order valence-electron chi connectivity index (χ2n) is 0. The van der Waals surface area contributed by atoms with Gasteiger partial charge in [-0.25, -0.2) is 0 Å². The molecule has 0 aliphatic carbocycles. The van der Waals surface area contributed by atoms with E-state index >= 15 is 0 Å². The third-order valence-corrected chi connectivity index (χ3v) is 0. The summed E-state index contributed by atoms with van der Waals surface area (Å²) >= 11 is 0.300. The van der Waals surface area contributed by atoms with Crippen LogP contribution < -0.4 is 0 Å². The van der Waals surface area contributed by atoms with Gasteiger partial charge in [0.25, 0.3) is 0 Å². The molecule has 0 atom stereocenters. The van der Waals surface area contributed by atoms with Gasteiger partial charge >= 0.3 is 54.8 Å². The molecule has 25 valence electrons. The maximum Gasteiger partial charge on any atom is 0 e. The molecule has 1 nitrogen and oxygen atoms in total. The van der Waals surface area contributed by atoms with Crippen molar-refractivity contribution in [2.45, 2.75) is 0 Å². The zero-order valence-electron chi connectivity index (χ0n) is 2.56. The maximum absolute atomic E-state index is 8.34. The summed E-state index contributed by atoms with van der Waals surface area (Å²) in [6, 6.07) is 0. The fourth-order valence-electron chi connectivity index (χ4n) is 0. The fraction of sp³-hybridized carbons (Fsp3) is 0. The van der Waals surface area contributed by atoms with Crippen LogP contribution in [0.1, 0.15) is 0 Å². The van der Waals surface area contributed by atoms with Crippen molar-refractivity contribution in [2.24, 2.45) is 0 Å². The molecule has 0 fully saturated rings. The van der Waals surface area contributed by atoms with Crippen LogP contribution in [0.5, 0.6) is 0 Å². The van der Waals surface area contributed by atoms with E-state index in [1.54, 1.807) is 0 Å². The van der Waals surface area contributed by atoms with Crippen molar-refractivity contribution in [2.75, 3.05) is 0 Å². The summed E-state index contributed by atoms with van der Waals surface area (Å²) in [5.41, 5.74) is 0. The Hall–Kier alpha value is 3.06. The molecule has 5 heteroatoms. The van der Waals surface area contributed by atoms with Crippen LogP contribution >= 0.6 is 0 Å². The number of hydrogen-bond acceptors (Lipinski definition) is 1. The van der Waals surface area contributed by atoms with Crippen LogP contribution in [0.3, 0.4) is 0 Å². The normalized spacial score (nSPS) is 0.600. The van der Waals surface area contributed by atoms with Gasteiger partial charge in [-0.2, -0.15) is 0 Å². The van der Waals surface area contributed by atoms with Gasteiger partial charge in [-0.3, -0.25) is 0 Å². The number of rotatable bonds is 0. The Morgan fingerprint density at radius 1 is 1.20 bits per heavy atom. The largest absolute Gasteiger partial charge is 0 e. The van der Waals surface area contributed by atoms with E-state index in [1.807, 2.05) is 0 Å². The van der Waals surface area contributed by atoms with Gasteiger partial charge in [0.2, 0.25) is 0 Å². The third-order valence-electron chi connectivity index (χ3n) is 0. The minimum atomic E-state index is 0. The summed E-state index contributed by atoms with van der Waals surface area (Å²) in [6.45, 7) is 0. The van der Waals surface area contributed by atoms with Crippen LogP contribution in [0.15, 0.2) is 0 Å². The summed E-state index contributed by atoms with van der Waals surface area (Å²) < 4.78 is 8.34. The molecule has 0 saturated carbocycles. The Morgan fingerprint density at radius 2 is 1.20 bits per heavy atom. The first-order valence-electron chi connectivity index (χ1n) is 0.204. The van der Waals surface area contributed by atoms with Gasteiger partial charge in [0.1, 0.15) is 0 Å².